The van der Waals surface area contributed by atoms with E-state index in [4.69, 9.17) is 4.74 Å². The van der Waals surface area contributed by atoms with Gasteiger partial charge < -0.3 is 19.9 Å². The topological polar surface area (TPSA) is 116 Å². The fraction of sp³-hybridized carbons (Fsp3) is 0.478. The molecule has 10 heteroatoms. The van der Waals surface area contributed by atoms with Gasteiger partial charge in [-0.15, -0.1) is 0 Å². The van der Waals surface area contributed by atoms with Crippen molar-refractivity contribution in [2.24, 2.45) is 0 Å². The number of aromatic nitrogens is 1. The van der Waals surface area contributed by atoms with Gasteiger partial charge in [0.25, 0.3) is 6.54 Å². The second kappa shape index (κ2) is 8.35. The van der Waals surface area contributed by atoms with Crippen molar-refractivity contribution < 1.29 is 18.8 Å². The third-order valence-corrected chi connectivity index (χ3v) is 6.71. The molecule has 1 saturated heterocycles. The highest BCUT2D eigenvalue weighted by Crippen LogP contribution is 2.41. The number of nitro groups is 1. The van der Waals surface area contributed by atoms with E-state index in [1.807, 2.05) is 0 Å². The summed E-state index contributed by atoms with van der Waals surface area (Å²) in [6.45, 7) is 0.715. The lowest BCUT2D eigenvalue weighted by atomic mass is 9.93. The summed E-state index contributed by atoms with van der Waals surface area (Å²) in [6.07, 6.45) is 6.40. The smallest absolute Gasteiger partial charge is 0.266 e. The molecule has 2 unspecified atom stereocenters. The van der Waals surface area contributed by atoms with E-state index in [1.54, 1.807) is 4.57 Å². The van der Waals surface area contributed by atoms with Crippen molar-refractivity contribution in [3.8, 4) is 5.75 Å². The van der Waals surface area contributed by atoms with Crippen LogP contribution in [0.1, 0.15) is 41.2 Å². The van der Waals surface area contributed by atoms with Crippen LogP contribution in [0.15, 0.2) is 28.7 Å². The van der Waals surface area contributed by atoms with Gasteiger partial charge in [0.2, 0.25) is 11.2 Å². The summed E-state index contributed by atoms with van der Waals surface area (Å²) in [5.74, 6) is -1.19. The van der Waals surface area contributed by atoms with Crippen LogP contribution in [0.2, 0.25) is 0 Å². The summed E-state index contributed by atoms with van der Waals surface area (Å²) in [7, 11) is 1.44. The number of pyridine rings is 1. The lowest BCUT2D eigenvalue weighted by molar-refractivity contribution is -0.465. The Kier molecular flexibility index (Phi) is 5.49. The number of nitrogens with one attached hydrogen (secondary N) is 2. The van der Waals surface area contributed by atoms with Crippen molar-refractivity contribution in [1.82, 2.24) is 15.2 Å². The molecule has 0 spiro atoms. The largest absolute Gasteiger partial charge is 0.494 e. The molecule has 2 atom stereocenters. The predicted octanol–water partition coefficient (Wildman–Crippen LogP) is 1.75. The summed E-state index contributed by atoms with van der Waals surface area (Å²) < 4.78 is 22.8. The number of nitrogens with zero attached hydrogens (tertiary/aromatic N) is 2. The molecule has 3 aliphatic rings. The molecule has 1 aromatic heterocycles. The van der Waals surface area contributed by atoms with Gasteiger partial charge >= 0.3 is 0 Å². The van der Waals surface area contributed by atoms with Gasteiger partial charge in [0.15, 0.2) is 0 Å². The van der Waals surface area contributed by atoms with E-state index < -0.39 is 28.5 Å². The van der Waals surface area contributed by atoms with Crippen LogP contribution in [-0.4, -0.2) is 54.1 Å². The quantitative estimate of drug-likeness (QED) is 0.282. The van der Waals surface area contributed by atoms with Gasteiger partial charge in [-0.3, -0.25) is 19.7 Å². The number of methoxy groups -OCH3 is 1. The number of benzene rings is 1. The summed E-state index contributed by atoms with van der Waals surface area (Å²) in [4.78, 5) is 35.5. The van der Waals surface area contributed by atoms with E-state index in [1.165, 1.54) is 18.9 Å². The Bertz CT molecular complexity index is 1250. The van der Waals surface area contributed by atoms with Crippen molar-refractivity contribution in [3.05, 3.63) is 61.2 Å². The molecule has 1 saturated carbocycles. The fourth-order valence-electron chi connectivity index (χ4n) is 4.97. The molecule has 2 N–H and O–H groups in total. The first kappa shape index (κ1) is 21.7. The average molecular weight is 456 g/mol. The second-order valence-electron chi connectivity index (χ2n) is 8.96. The number of Topliss-reactive ketones (excluding diaryl/α,β-unsaturated/α-hetero) is 1. The van der Waals surface area contributed by atoms with Crippen molar-refractivity contribution in [3.63, 3.8) is 0 Å². The Hall–Kier alpha value is -3.11. The number of halogens is 1. The molecule has 0 radical (unpaired) electrons. The number of carbonyl (C=O) groups excluding carboxylic acids is 1. The third kappa shape index (κ3) is 3.93. The highest BCUT2D eigenvalue weighted by molar-refractivity contribution is 6.00. The molecule has 9 nitrogen and oxygen atoms in total. The van der Waals surface area contributed by atoms with Gasteiger partial charge in [-0.1, -0.05) is 6.08 Å². The molecule has 33 heavy (non-hydrogen) atoms. The number of fused-ring (bicyclic) bond motifs is 2. The molecule has 3 heterocycles. The summed E-state index contributed by atoms with van der Waals surface area (Å²) >= 11 is 0. The minimum atomic E-state index is -0.984. The van der Waals surface area contributed by atoms with Crippen molar-refractivity contribution in [1.29, 1.82) is 0 Å². The maximum atomic E-state index is 15.4. The number of hydrogen-bond donors (Lipinski definition) is 2. The van der Waals surface area contributed by atoms with E-state index in [2.05, 4.69) is 16.7 Å². The lowest BCUT2D eigenvalue weighted by Gasteiger charge is -2.28. The fourth-order valence-corrected chi connectivity index (χ4v) is 4.97. The van der Waals surface area contributed by atoms with E-state index in [9.17, 15) is 19.7 Å². The standard InChI is InChI=1S/C23H25FN4O5/c1-33-23-15(6-13-3-2-12-8-25-9-19(12)26-13)18(24)7-16-21(23)27(14-4-5-14)10-17(22(16)30)20(29)11-28(31)32/h2,7,10,13-14,19,25-26H,3-6,8-9,11H2,1H3. The van der Waals surface area contributed by atoms with Gasteiger partial charge in [0.05, 0.1) is 23.6 Å². The van der Waals surface area contributed by atoms with Crippen LogP contribution in [0, 0.1) is 15.9 Å². The lowest BCUT2D eigenvalue weighted by Crippen LogP contribution is -2.44. The van der Waals surface area contributed by atoms with E-state index in [-0.39, 0.29) is 34.8 Å². The molecule has 5 rings (SSSR count). The minimum absolute atomic E-state index is 0.00739. The SMILES string of the molecule is COc1c(CC2CC=C3CNCC3N2)c(F)cc2c(=O)c(C(=O)C[N+](=O)[O-])cn(C3CC3)c12. The van der Waals surface area contributed by atoms with Gasteiger partial charge in [-0.2, -0.15) is 0 Å². The van der Waals surface area contributed by atoms with Crippen molar-refractivity contribution >= 4 is 16.7 Å². The van der Waals surface area contributed by atoms with Crippen LogP contribution < -0.4 is 20.8 Å². The van der Waals surface area contributed by atoms with Crippen LogP contribution in [0.25, 0.3) is 10.9 Å². The highest BCUT2D eigenvalue weighted by Gasteiger charge is 2.32. The number of ether oxygens (including phenoxy) is 1. The van der Waals surface area contributed by atoms with E-state index in [0.717, 1.165) is 38.4 Å². The first-order valence-electron chi connectivity index (χ1n) is 11.1. The van der Waals surface area contributed by atoms with Gasteiger partial charge in [-0.05, 0) is 37.3 Å². The number of hydrogen-bond acceptors (Lipinski definition) is 7. The van der Waals surface area contributed by atoms with Crippen LogP contribution >= 0.6 is 0 Å². The minimum Gasteiger partial charge on any atom is -0.494 e. The van der Waals surface area contributed by atoms with Crippen molar-refractivity contribution in [2.45, 2.75) is 43.8 Å². The average Bonchev–Trinajstić information content (AvgIpc) is 3.51. The second-order valence-corrected chi connectivity index (χ2v) is 8.96. The number of ketones is 1. The van der Waals surface area contributed by atoms with Gasteiger partial charge in [0.1, 0.15) is 11.6 Å². The van der Waals surface area contributed by atoms with E-state index >= 15 is 4.39 Å². The normalized spacial score (nSPS) is 22.2. The first-order chi connectivity index (χ1) is 15.9. The molecule has 2 fully saturated rings. The Labute approximate surface area is 188 Å². The highest BCUT2D eigenvalue weighted by atomic mass is 19.1. The molecule has 174 valence electrons. The number of carbonyl (C=O) groups is 1. The van der Waals surface area contributed by atoms with Crippen molar-refractivity contribution in [2.75, 3.05) is 26.7 Å². The maximum Gasteiger partial charge on any atom is 0.266 e. The zero-order chi connectivity index (χ0) is 23.3. The van der Waals surface area contributed by atoms with Crippen LogP contribution in [0.3, 0.4) is 0 Å². The van der Waals surface area contributed by atoms with Crippen LogP contribution in [-0.2, 0) is 6.42 Å². The summed E-state index contributed by atoms with van der Waals surface area (Å²) in [5.41, 5.74) is 1.14. The zero-order valence-electron chi connectivity index (χ0n) is 18.2. The molecule has 1 aromatic carbocycles. The Balaban J connectivity index is 1.61. The first-order valence-corrected chi connectivity index (χ1v) is 11.1. The summed E-state index contributed by atoms with van der Waals surface area (Å²) in [5, 5.41) is 17.7. The van der Waals surface area contributed by atoms with E-state index in [0.29, 0.717) is 17.5 Å². The molecular formula is C23H25FN4O5. The molecule has 2 aromatic rings. The monoisotopic (exact) mass is 456 g/mol. The zero-order valence-corrected chi connectivity index (χ0v) is 18.2. The molecule has 2 aliphatic heterocycles. The Morgan fingerprint density at radius 3 is 2.88 bits per heavy atom. The van der Waals surface area contributed by atoms with Gasteiger partial charge in [-0.25, -0.2) is 4.39 Å². The molecule has 0 amide bonds. The Morgan fingerprint density at radius 1 is 1.39 bits per heavy atom. The molecule has 0 bridgehead atoms. The Morgan fingerprint density at radius 2 is 2.18 bits per heavy atom. The summed E-state index contributed by atoms with van der Waals surface area (Å²) in [6, 6.07) is 1.43. The van der Waals surface area contributed by atoms with Crippen LogP contribution in [0.4, 0.5) is 4.39 Å². The van der Waals surface area contributed by atoms with Crippen LogP contribution in [0.5, 0.6) is 5.75 Å². The maximum absolute atomic E-state index is 15.4. The number of rotatable bonds is 7. The third-order valence-electron chi connectivity index (χ3n) is 6.71. The van der Waals surface area contributed by atoms with Gasteiger partial charge in [0, 0.05) is 47.9 Å². The predicted molar refractivity (Wildman–Crippen MR) is 119 cm³/mol. The molecule has 1 aliphatic carbocycles. The molecular weight excluding hydrogens is 431 g/mol.